The quantitative estimate of drug-likeness (QED) is 0.677. The van der Waals surface area contributed by atoms with Crippen molar-refractivity contribution in [3.8, 4) is 5.88 Å². The Balaban J connectivity index is 1.90. The molecule has 0 aliphatic carbocycles. The predicted molar refractivity (Wildman–Crippen MR) is 98.5 cm³/mol. The molecule has 0 saturated carbocycles. The number of thiazole rings is 1. The molecule has 0 radical (unpaired) electrons. The van der Waals surface area contributed by atoms with Crippen LogP contribution in [-0.2, 0) is 17.8 Å². The molecule has 3 aromatic rings. The smallest absolute Gasteiger partial charge is 0.270 e. The van der Waals surface area contributed by atoms with E-state index in [1.165, 1.54) is 11.3 Å². The first-order valence-electron chi connectivity index (χ1n) is 8.11. The molecule has 0 bridgehead atoms. The van der Waals surface area contributed by atoms with E-state index in [-0.39, 0.29) is 18.2 Å². The Kier molecular flexibility index (Phi) is 4.94. The van der Waals surface area contributed by atoms with Crippen molar-refractivity contribution in [2.75, 3.05) is 0 Å². The molecule has 2 heterocycles. The van der Waals surface area contributed by atoms with Gasteiger partial charge in [0.2, 0.25) is 5.88 Å². The van der Waals surface area contributed by atoms with Gasteiger partial charge < -0.3 is 9.67 Å². The Bertz CT molecular complexity index is 940. The van der Waals surface area contributed by atoms with Gasteiger partial charge in [0, 0.05) is 17.3 Å². The summed E-state index contributed by atoms with van der Waals surface area (Å²) in [5.41, 5.74) is 1.90. The van der Waals surface area contributed by atoms with Crippen LogP contribution >= 0.6 is 11.3 Å². The molecule has 0 fully saturated rings. The van der Waals surface area contributed by atoms with Gasteiger partial charge in [-0.15, -0.1) is 21.6 Å². The number of aryl methyl sites for hydroxylation is 1. The number of carbonyl (C=O) groups is 1. The van der Waals surface area contributed by atoms with Gasteiger partial charge in [0.15, 0.2) is 5.69 Å². The van der Waals surface area contributed by atoms with Crippen LogP contribution in [0.25, 0.3) is 10.9 Å². The number of hydrogen-bond donors (Lipinski definition) is 1. The van der Waals surface area contributed by atoms with Gasteiger partial charge in [0.1, 0.15) is 0 Å². The number of benzene rings is 1. The van der Waals surface area contributed by atoms with Crippen LogP contribution in [0.5, 0.6) is 5.88 Å². The second kappa shape index (κ2) is 7.14. The van der Waals surface area contributed by atoms with E-state index in [4.69, 9.17) is 0 Å². The fraction of sp³-hybridized carbons (Fsp3) is 0.333. The number of azo groups is 1. The normalized spacial score (nSPS) is 11.8. The summed E-state index contributed by atoms with van der Waals surface area (Å²) in [5, 5.41) is 21.9. The van der Waals surface area contributed by atoms with Gasteiger partial charge in [0.05, 0.1) is 22.6 Å². The highest BCUT2D eigenvalue weighted by Crippen LogP contribution is 2.39. The van der Waals surface area contributed by atoms with E-state index >= 15 is 0 Å². The van der Waals surface area contributed by atoms with Crippen molar-refractivity contribution in [3.05, 3.63) is 40.3 Å². The lowest BCUT2D eigenvalue weighted by Crippen LogP contribution is -2.03. The first-order chi connectivity index (χ1) is 12.0. The van der Waals surface area contributed by atoms with Gasteiger partial charge in [-0.3, -0.25) is 4.79 Å². The first kappa shape index (κ1) is 17.3. The third-order valence-electron chi connectivity index (χ3n) is 3.73. The Morgan fingerprint density at radius 1 is 1.36 bits per heavy atom. The SMILES string of the molecule is Cc1nc(CC(=O)N=Nc2c(O)n(CC(C)C)c3ccccc23)cs1. The summed E-state index contributed by atoms with van der Waals surface area (Å²) in [6.07, 6.45) is 0.110. The van der Waals surface area contributed by atoms with Crippen LogP contribution < -0.4 is 0 Å². The van der Waals surface area contributed by atoms with Crippen LogP contribution in [0.2, 0.25) is 0 Å². The number of aromatic nitrogens is 2. The zero-order valence-corrected chi connectivity index (χ0v) is 15.2. The van der Waals surface area contributed by atoms with E-state index in [0.29, 0.717) is 23.8 Å². The van der Waals surface area contributed by atoms with Gasteiger partial charge in [-0.2, -0.15) is 0 Å². The summed E-state index contributed by atoms with van der Waals surface area (Å²) in [6.45, 7) is 6.71. The molecule has 0 spiro atoms. The van der Waals surface area contributed by atoms with Crippen LogP contribution in [0, 0.1) is 12.8 Å². The number of hydrogen-bond acceptors (Lipinski definition) is 5. The molecule has 1 N–H and O–H groups in total. The van der Waals surface area contributed by atoms with Crippen LogP contribution in [0.3, 0.4) is 0 Å². The van der Waals surface area contributed by atoms with Crippen molar-refractivity contribution < 1.29 is 9.90 Å². The van der Waals surface area contributed by atoms with Gasteiger partial charge >= 0.3 is 0 Å². The van der Waals surface area contributed by atoms with Crippen molar-refractivity contribution >= 4 is 33.8 Å². The monoisotopic (exact) mass is 356 g/mol. The molecule has 1 aromatic carbocycles. The summed E-state index contributed by atoms with van der Waals surface area (Å²) in [6, 6.07) is 7.58. The van der Waals surface area contributed by atoms with Crippen LogP contribution in [0.1, 0.15) is 24.5 Å². The number of para-hydroxylation sites is 1. The Labute approximate surface area is 149 Å². The van der Waals surface area contributed by atoms with Gasteiger partial charge in [-0.25, -0.2) is 4.98 Å². The minimum Gasteiger partial charge on any atom is -0.493 e. The summed E-state index contributed by atoms with van der Waals surface area (Å²) in [5.74, 6) is 0.0161. The van der Waals surface area contributed by atoms with Crippen LogP contribution in [0.4, 0.5) is 5.69 Å². The molecule has 0 aliphatic rings. The number of aromatic hydroxyl groups is 1. The Hall–Kier alpha value is -2.54. The highest BCUT2D eigenvalue weighted by Gasteiger charge is 2.17. The molecule has 7 heteroatoms. The van der Waals surface area contributed by atoms with Gasteiger partial charge in [-0.05, 0) is 18.9 Å². The number of rotatable bonds is 5. The summed E-state index contributed by atoms with van der Waals surface area (Å²) < 4.78 is 1.81. The maximum Gasteiger partial charge on any atom is 0.270 e. The van der Waals surface area contributed by atoms with Crippen molar-refractivity contribution in [2.24, 2.45) is 16.1 Å². The lowest BCUT2D eigenvalue weighted by Gasteiger charge is -2.09. The number of amides is 1. The highest BCUT2D eigenvalue weighted by atomic mass is 32.1. The molecule has 2 aromatic heterocycles. The molecule has 0 atom stereocenters. The van der Waals surface area contributed by atoms with E-state index in [9.17, 15) is 9.90 Å². The summed E-state index contributed by atoms with van der Waals surface area (Å²) >= 11 is 1.50. The maximum absolute atomic E-state index is 12.0. The molecule has 25 heavy (non-hydrogen) atoms. The molecule has 0 aliphatic heterocycles. The lowest BCUT2D eigenvalue weighted by molar-refractivity contribution is -0.117. The van der Waals surface area contributed by atoms with Crippen molar-refractivity contribution in [2.45, 2.75) is 33.7 Å². The third kappa shape index (κ3) is 3.76. The van der Waals surface area contributed by atoms with Crippen molar-refractivity contribution in [1.29, 1.82) is 0 Å². The number of carbonyl (C=O) groups excluding carboxylic acids is 1. The topological polar surface area (TPSA) is 79.8 Å². The molecule has 6 nitrogen and oxygen atoms in total. The standard InChI is InChI=1S/C18H20N4O2S/c1-11(2)9-22-15-7-5-4-6-14(15)17(18(22)24)21-20-16(23)8-13-10-25-12(3)19-13/h4-7,10-11,24H,8-9H2,1-3H3. The summed E-state index contributed by atoms with van der Waals surface area (Å²) in [4.78, 5) is 16.3. The number of fused-ring (bicyclic) bond motifs is 1. The predicted octanol–water partition coefficient (Wildman–Crippen LogP) is 4.62. The second-order valence-corrected chi connectivity index (χ2v) is 7.38. The van der Waals surface area contributed by atoms with E-state index in [2.05, 4.69) is 29.1 Å². The molecule has 3 rings (SSSR count). The van der Waals surface area contributed by atoms with Gasteiger partial charge in [0.25, 0.3) is 5.91 Å². The maximum atomic E-state index is 12.0. The fourth-order valence-electron chi connectivity index (χ4n) is 2.71. The first-order valence-corrected chi connectivity index (χ1v) is 8.99. The molecule has 130 valence electrons. The van der Waals surface area contributed by atoms with E-state index in [0.717, 1.165) is 15.9 Å². The zero-order chi connectivity index (χ0) is 18.0. The second-order valence-electron chi connectivity index (χ2n) is 6.32. The zero-order valence-electron chi connectivity index (χ0n) is 14.4. The average molecular weight is 356 g/mol. The largest absolute Gasteiger partial charge is 0.493 e. The highest BCUT2D eigenvalue weighted by molar-refractivity contribution is 7.09. The molecular formula is C18H20N4O2S. The average Bonchev–Trinajstić information content (AvgIpc) is 3.08. The Morgan fingerprint density at radius 3 is 2.80 bits per heavy atom. The molecule has 0 unspecified atom stereocenters. The third-order valence-corrected chi connectivity index (χ3v) is 4.55. The van der Waals surface area contributed by atoms with Crippen molar-refractivity contribution in [1.82, 2.24) is 9.55 Å². The van der Waals surface area contributed by atoms with E-state index < -0.39 is 0 Å². The van der Waals surface area contributed by atoms with Crippen LogP contribution in [0.15, 0.2) is 39.9 Å². The van der Waals surface area contributed by atoms with E-state index in [1.54, 1.807) is 0 Å². The Morgan fingerprint density at radius 2 is 2.12 bits per heavy atom. The minimum atomic E-state index is -0.384. The lowest BCUT2D eigenvalue weighted by atomic mass is 10.2. The van der Waals surface area contributed by atoms with E-state index in [1.807, 2.05) is 41.1 Å². The number of nitrogens with zero attached hydrogens (tertiary/aromatic N) is 4. The minimum absolute atomic E-state index is 0.0379. The van der Waals surface area contributed by atoms with Crippen molar-refractivity contribution in [3.63, 3.8) is 0 Å². The molecule has 0 saturated heterocycles. The summed E-state index contributed by atoms with van der Waals surface area (Å²) in [7, 11) is 0. The van der Waals surface area contributed by atoms with Gasteiger partial charge in [-0.1, -0.05) is 32.0 Å². The fourth-order valence-corrected chi connectivity index (χ4v) is 3.32. The molecule has 1 amide bonds. The van der Waals surface area contributed by atoms with Crippen LogP contribution in [-0.4, -0.2) is 20.6 Å². The molecular weight excluding hydrogens is 336 g/mol.